The number of rotatable bonds is 3. The summed E-state index contributed by atoms with van der Waals surface area (Å²) >= 11 is 3.49. The van der Waals surface area contributed by atoms with Crippen molar-refractivity contribution in [1.29, 1.82) is 0 Å². The highest BCUT2D eigenvalue weighted by Crippen LogP contribution is 2.34. The van der Waals surface area contributed by atoms with Crippen LogP contribution in [0.1, 0.15) is 24.5 Å². The first-order valence-corrected chi connectivity index (χ1v) is 8.88. The number of benzene rings is 1. The fourth-order valence-corrected chi connectivity index (χ4v) is 3.76. The molecule has 23 heavy (non-hydrogen) atoms. The molecule has 3 rings (SSSR count). The molecule has 2 saturated heterocycles. The Morgan fingerprint density at radius 2 is 2.13 bits per heavy atom. The molecule has 0 radical (unpaired) electrons. The summed E-state index contributed by atoms with van der Waals surface area (Å²) in [5.74, 6) is 0.159. The number of amides is 1. The van der Waals surface area contributed by atoms with Crippen LogP contribution in [0, 0.1) is 5.41 Å². The molecule has 0 aromatic heterocycles. The predicted molar refractivity (Wildman–Crippen MR) is 91.0 cm³/mol. The third kappa shape index (κ3) is 3.60. The van der Waals surface area contributed by atoms with Gasteiger partial charge in [-0.1, -0.05) is 28.1 Å². The molecule has 0 aliphatic carbocycles. The van der Waals surface area contributed by atoms with E-state index in [1.54, 1.807) is 0 Å². The van der Waals surface area contributed by atoms with E-state index in [9.17, 15) is 4.79 Å². The number of halogens is 1. The highest BCUT2D eigenvalue weighted by molar-refractivity contribution is 9.10. The van der Waals surface area contributed by atoms with Crippen molar-refractivity contribution in [3.8, 4) is 0 Å². The van der Waals surface area contributed by atoms with Gasteiger partial charge in [-0.3, -0.25) is 4.79 Å². The number of morpholine rings is 1. The molecular formula is C17H23BrN2O3. The third-order valence-corrected chi connectivity index (χ3v) is 5.36. The van der Waals surface area contributed by atoms with Crippen molar-refractivity contribution in [2.45, 2.75) is 18.9 Å². The van der Waals surface area contributed by atoms with E-state index in [2.05, 4.69) is 15.9 Å². The van der Waals surface area contributed by atoms with Gasteiger partial charge >= 0.3 is 0 Å². The lowest BCUT2D eigenvalue weighted by Crippen LogP contribution is -2.54. The average molecular weight is 383 g/mol. The van der Waals surface area contributed by atoms with Crippen LogP contribution in [0.4, 0.5) is 0 Å². The second-order valence-electron chi connectivity index (χ2n) is 6.26. The Morgan fingerprint density at radius 3 is 2.83 bits per heavy atom. The zero-order chi connectivity index (χ0) is 16.3. The van der Waals surface area contributed by atoms with Gasteiger partial charge in [0.25, 0.3) is 0 Å². The summed E-state index contributed by atoms with van der Waals surface area (Å²) in [6.45, 7) is 3.38. The van der Waals surface area contributed by atoms with Crippen LogP contribution >= 0.6 is 15.9 Å². The fraction of sp³-hybridized carbons (Fsp3) is 0.588. The Morgan fingerprint density at radius 1 is 1.35 bits per heavy atom. The van der Waals surface area contributed by atoms with Gasteiger partial charge in [0.2, 0.25) is 5.91 Å². The zero-order valence-corrected chi connectivity index (χ0v) is 14.8. The standard InChI is InChI=1S/C17H23BrN2O3/c18-14-3-1-2-13(10-14)15-11-20(6-9-23-15)16(21)17(12-19)4-7-22-8-5-17/h1-3,10,15H,4-9,11-12,19H2. The van der Waals surface area contributed by atoms with E-state index in [1.807, 2.05) is 29.2 Å². The van der Waals surface area contributed by atoms with Gasteiger partial charge in [0, 0.05) is 30.8 Å². The molecule has 0 bridgehead atoms. The highest BCUT2D eigenvalue weighted by atomic mass is 79.9. The number of carbonyl (C=O) groups is 1. The summed E-state index contributed by atoms with van der Waals surface area (Å²) in [5, 5.41) is 0. The number of nitrogens with zero attached hydrogens (tertiary/aromatic N) is 1. The largest absolute Gasteiger partial charge is 0.381 e. The van der Waals surface area contributed by atoms with E-state index in [0.29, 0.717) is 52.3 Å². The molecule has 6 heteroatoms. The van der Waals surface area contributed by atoms with Crippen LogP contribution in [0.15, 0.2) is 28.7 Å². The molecule has 2 N–H and O–H groups in total. The number of nitrogens with two attached hydrogens (primary N) is 1. The molecule has 1 aromatic carbocycles. The van der Waals surface area contributed by atoms with Crippen molar-refractivity contribution in [2.75, 3.05) is 39.5 Å². The van der Waals surface area contributed by atoms with Gasteiger partial charge in [0.15, 0.2) is 0 Å². The summed E-state index contributed by atoms with van der Waals surface area (Å²) in [6.07, 6.45) is 1.34. The number of carbonyl (C=O) groups excluding carboxylic acids is 1. The molecule has 2 heterocycles. The van der Waals surface area contributed by atoms with Crippen molar-refractivity contribution in [3.05, 3.63) is 34.3 Å². The maximum absolute atomic E-state index is 13.1. The first-order valence-electron chi connectivity index (χ1n) is 8.09. The number of hydrogen-bond donors (Lipinski definition) is 1. The van der Waals surface area contributed by atoms with Crippen LogP contribution in [-0.2, 0) is 14.3 Å². The summed E-state index contributed by atoms with van der Waals surface area (Å²) in [7, 11) is 0. The Bertz CT molecular complexity index is 561. The molecule has 1 unspecified atom stereocenters. The quantitative estimate of drug-likeness (QED) is 0.869. The number of hydrogen-bond acceptors (Lipinski definition) is 4. The Balaban J connectivity index is 1.74. The van der Waals surface area contributed by atoms with Crippen molar-refractivity contribution in [3.63, 3.8) is 0 Å². The van der Waals surface area contributed by atoms with E-state index in [-0.39, 0.29) is 12.0 Å². The molecule has 2 aliphatic rings. The van der Waals surface area contributed by atoms with Crippen LogP contribution < -0.4 is 5.73 Å². The second kappa shape index (κ2) is 7.30. The van der Waals surface area contributed by atoms with Crippen LogP contribution in [0.3, 0.4) is 0 Å². The molecular weight excluding hydrogens is 360 g/mol. The summed E-state index contributed by atoms with van der Waals surface area (Å²) in [6, 6.07) is 8.06. The zero-order valence-electron chi connectivity index (χ0n) is 13.2. The third-order valence-electron chi connectivity index (χ3n) is 4.87. The monoisotopic (exact) mass is 382 g/mol. The molecule has 5 nitrogen and oxygen atoms in total. The Labute approximate surface area is 145 Å². The first kappa shape index (κ1) is 16.9. The van der Waals surface area contributed by atoms with Crippen molar-refractivity contribution in [2.24, 2.45) is 11.1 Å². The van der Waals surface area contributed by atoms with E-state index in [0.717, 1.165) is 10.0 Å². The highest BCUT2D eigenvalue weighted by Gasteiger charge is 2.42. The van der Waals surface area contributed by atoms with Crippen LogP contribution in [-0.4, -0.2) is 50.3 Å². The minimum Gasteiger partial charge on any atom is -0.381 e. The molecule has 2 fully saturated rings. The maximum atomic E-state index is 13.1. The second-order valence-corrected chi connectivity index (χ2v) is 7.18. The minimum atomic E-state index is -0.461. The molecule has 1 aromatic rings. The fourth-order valence-electron chi connectivity index (χ4n) is 3.35. The van der Waals surface area contributed by atoms with Gasteiger partial charge < -0.3 is 20.1 Å². The molecule has 126 valence electrons. The SMILES string of the molecule is NCC1(C(=O)N2CCOC(c3cccc(Br)c3)C2)CCOCC1. The smallest absolute Gasteiger partial charge is 0.230 e. The topological polar surface area (TPSA) is 64.8 Å². The van der Waals surface area contributed by atoms with Gasteiger partial charge in [0.05, 0.1) is 18.6 Å². The van der Waals surface area contributed by atoms with E-state index < -0.39 is 5.41 Å². The lowest BCUT2D eigenvalue weighted by molar-refractivity contribution is -0.154. The first-order chi connectivity index (χ1) is 11.1. The van der Waals surface area contributed by atoms with Gasteiger partial charge in [-0.2, -0.15) is 0 Å². The van der Waals surface area contributed by atoms with Crippen molar-refractivity contribution in [1.82, 2.24) is 4.90 Å². The molecule has 2 aliphatic heterocycles. The van der Waals surface area contributed by atoms with Crippen LogP contribution in [0.2, 0.25) is 0 Å². The van der Waals surface area contributed by atoms with Gasteiger partial charge in [0.1, 0.15) is 6.10 Å². The number of ether oxygens (including phenoxy) is 2. The lowest BCUT2D eigenvalue weighted by atomic mass is 9.78. The Hall–Kier alpha value is -0.950. The Kier molecular flexibility index (Phi) is 5.36. The van der Waals surface area contributed by atoms with Crippen molar-refractivity contribution < 1.29 is 14.3 Å². The average Bonchev–Trinajstić information content (AvgIpc) is 2.62. The minimum absolute atomic E-state index is 0.0835. The van der Waals surface area contributed by atoms with Gasteiger partial charge in [-0.25, -0.2) is 0 Å². The van der Waals surface area contributed by atoms with E-state index >= 15 is 0 Å². The van der Waals surface area contributed by atoms with Crippen molar-refractivity contribution >= 4 is 21.8 Å². The summed E-state index contributed by atoms with van der Waals surface area (Å²) < 4.78 is 12.3. The van der Waals surface area contributed by atoms with Gasteiger partial charge in [-0.05, 0) is 30.5 Å². The molecule has 0 spiro atoms. The van der Waals surface area contributed by atoms with E-state index in [4.69, 9.17) is 15.2 Å². The normalized spacial score (nSPS) is 24.4. The summed E-state index contributed by atoms with van der Waals surface area (Å²) in [4.78, 5) is 15.0. The predicted octanol–water partition coefficient (Wildman–Crippen LogP) is 2.10. The summed E-state index contributed by atoms with van der Waals surface area (Å²) in [5.41, 5.74) is 6.60. The van der Waals surface area contributed by atoms with E-state index in [1.165, 1.54) is 0 Å². The molecule has 0 saturated carbocycles. The lowest BCUT2D eigenvalue weighted by Gasteiger charge is -2.42. The van der Waals surface area contributed by atoms with Crippen LogP contribution in [0.25, 0.3) is 0 Å². The van der Waals surface area contributed by atoms with Crippen LogP contribution in [0.5, 0.6) is 0 Å². The van der Waals surface area contributed by atoms with Gasteiger partial charge in [-0.15, -0.1) is 0 Å². The molecule has 1 atom stereocenters. The molecule has 1 amide bonds. The maximum Gasteiger partial charge on any atom is 0.230 e.